The van der Waals surface area contributed by atoms with Gasteiger partial charge in [0.2, 0.25) is 5.91 Å². The Hall–Kier alpha value is -1.59. The minimum absolute atomic E-state index is 0.146. The number of likely N-dealkylation sites (tertiary alicyclic amines) is 1. The van der Waals surface area contributed by atoms with Crippen LogP contribution in [0, 0.1) is 5.92 Å². The second-order valence-corrected chi connectivity index (χ2v) is 7.98. The summed E-state index contributed by atoms with van der Waals surface area (Å²) in [4.78, 5) is 17.0. The molecule has 1 N–H and O–H groups in total. The highest BCUT2D eigenvalue weighted by atomic mass is 16.5. The number of rotatable bonds is 6. The topological polar surface area (TPSA) is 44.8 Å². The Morgan fingerprint density at radius 3 is 2.81 bits per heavy atom. The van der Waals surface area contributed by atoms with Gasteiger partial charge in [-0.15, -0.1) is 0 Å². The van der Waals surface area contributed by atoms with E-state index in [9.17, 15) is 4.79 Å². The number of ether oxygens (including phenoxy) is 1. The number of carbonyl (C=O) groups excluding carboxylic acids is 1. The van der Waals surface area contributed by atoms with E-state index in [1.807, 2.05) is 0 Å². The predicted molar refractivity (Wildman–Crippen MR) is 104 cm³/mol. The molecule has 0 aromatic heterocycles. The van der Waals surface area contributed by atoms with E-state index < -0.39 is 0 Å². The summed E-state index contributed by atoms with van der Waals surface area (Å²) in [5.74, 6) is 0.889. The van der Waals surface area contributed by atoms with Gasteiger partial charge in [0, 0.05) is 31.9 Å². The predicted octanol–water partition coefficient (Wildman–Crippen LogP) is 2.06. The molecule has 1 atom stereocenters. The van der Waals surface area contributed by atoms with Crippen molar-refractivity contribution >= 4 is 11.6 Å². The summed E-state index contributed by atoms with van der Waals surface area (Å²) in [7, 11) is 0. The van der Waals surface area contributed by atoms with Gasteiger partial charge in [-0.1, -0.05) is 18.2 Å². The summed E-state index contributed by atoms with van der Waals surface area (Å²) in [5, 5.41) is 3.04. The van der Waals surface area contributed by atoms with Crippen LogP contribution >= 0.6 is 0 Å². The summed E-state index contributed by atoms with van der Waals surface area (Å²) in [6.07, 6.45) is 5.99. The average molecular weight is 357 g/mol. The van der Waals surface area contributed by atoms with Crippen LogP contribution in [0.25, 0.3) is 0 Å². The van der Waals surface area contributed by atoms with Gasteiger partial charge in [-0.05, 0) is 62.7 Å². The van der Waals surface area contributed by atoms with Crippen LogP contribution in [0.4, 0.5) is 5.69 Å². The lowest BCUT2D eigenvalue weighted by Crippen LogP contribution is -2.44. The molecule has 2 fully saturated rings. The molecule has 0 saturated carbocycles. The smallest absolute Gasteiger partial charge is 0.234 e. The van der Waals surface area contributed by atoms with Crippen molar-refractivity contribution in [3.05, 3.63) is 29.8 Å². The standard InChI is InChI=1S/C21H31N3O2/c25-21(22-14-19-5-3-13-26-19)16-23-10-7-17(8-11-23)15-24-12-9-18-4-1-2-6-20(18)24/h1-2,4,6,17,19H,3,5,7-16H2,(H,22,25). The molecule has 3 aliphatic heterocycles. The van der Waals surface area contributed by atoms with Crippen molar-refractivity contribution in [1.29, 1.82) is 0 Å². The van der Waals surface area contributed by atoms with Crippen molar-refractivity contribution in [1.82, 2.24) is 10.2 Å². The van der Waals surface area contributed by atoms with Crippen LogP contribution in [0.15, 0.2) is 24.3 Å². The molecule has 26 heavy (non-hydrogen) atoms. The van der Waals surface area contributed by atoms with Crippen LogP contribution in [-0.4, -0.2) is 62.8 Å². The van der Waals surface area contributed by atoms with Crippen molar-refractivity contribution < 1.29 is 9.53 Å². The first-order valence-electron chi connectivity index (χ1n) is 10.2. The highest BCUT2D eigenvalue weighted by Gasteiger charge is 2.26. The molecule has 1 unspecified atom stereocenters. The molecule has 0 spiro atoms. The fourth-order valence-corrected chi connectivity index (χ4v) is 4.53. The molecule has 0 radical (unpaired) electrons. The number of benzene rings is 1. The molecule has 142 valence electrons. The lowest BCUT2D eigenvalue weighted by atomic mass is 9.96. The molecule has 5 heteroatoms. The number of nitrogens with one attached hydrogen (secondary N) is 1. The zero-order valence-corrected chi connectivity index (χ0v) is 15.7. The van der Waals surface area contributed by atoms with E-state index in [2.05, 4.69) is 39.4 Å². The van der Waals surface area contributed by atoms with Gasteiger partial charge in [-0.3, -0.25) is 9.69 Å². The first-order chi connectivity index (χ1) is 12.8. The quantitative estimate of drug-likeness (QED) is 0.846. The van der Waals surface area contributed by atoms with Gasteiger partial charge in [-0.2, -0.15) is 0 Å². The number of amides is 1. The highest BCUT2D eigenvalue weighted by molar-refractivity contribution is 5.78. The van der Waals surface area contributed by atoms with Gasteiger partial charge in [0.1, 0.15) is 0 Å². The van der Waals surface area contributed by atoms with Gasteiger partial charge in [0.05, 0.1) is 12.6 Å². The molecular weight excluding hydrogens is 326 g/mol. The van der Waals surface area contributed by atoms with Gasteiger partial charge in [-0.25, -0.2) is 0 Å². The van der Waals surface area contributed by atoms with E-state index in [-0.39, 0.29) is 12.0 Å². The summed E-state index contributed by atoms with van der Waals surface area (Å²) in [6, 6.07) is 8.81. The molecule has 5 nitrogen and oxygen atoms in total. The average Bonchev–Trinajstić information content (AvgIpc) is 3.32. The monoisotopic (exact) mass is 357 g/mol. The molecule has 1 aromatic rings. The SMILES string of the molecule is O=C(CN1CCC(CN2CCc3ccccc32)CC1)NCC1CCCO1. The van der Waals surface area contributed by atoms with E-state index in [0.717, 1.165) is 51.5 Å². The van der Waals surface area contributed by atoms with Crippen LogP contribution < -0.4 is 10.2 Å². The van der Waals surface area contributed by atoms with E-state index in [1.165, 1.54) is 30.5 Å². The van der Waals surface area contributed by atoms with Crippen molar-refractivity contribution in [3.63, 3.8) is 0 Å². The fraction of sp³-hybridized carbons (Fsp3) is 0.667. The number of hydrogen-bond donors (Lipinski definition) is 1. The zero-order valence-electron chi connectivity index (χ0n) is 15.7. The lowest BCUT2D eigenvalue weighted by molar-refractivity contribution is -0.123. The minimum atomic E-state index is 0.146. The number of hydrogen-bond acceptors (Lipinski definition) is 4. The Bertz CT molecular complexity index is 607. The van der Waals surface area contributed by atoms with E-state index in [1.54, 1.807) is 0 Å². The minimum Gasteiger partial charge on any atom is -0.376 e. The van der Waals surface area contributed by atoms with Gasteiger partial charge < -0.3 is 15.0 Å². The van der Waals surface area contributed by atoms with Crippen molar-refractivity contribution in [2.24, 2.45) is 5.92 Å². The number of anilines is 1. The van der Waals surface area contributed by atoms with Gasteiger partial charge >= 0.3 is 0 Å². The normalized spacial score (nSPS) is 24.0. The third-order valence-corrected chi connectivity index (χ3v) is 6.09. The Kier molecular flexibility index (Phi) is 5.75. The second-order valence-electron chi connectivity index (χ2n) is 7.98. The molecule has 4 rings (SSSR count). The molecule has 3 aliphatic rings. The van der Waals surface area contributed by atoms with E-state index in [0.29, 0.717) is 13.1 Å². The summed E-state index contributed by atoms with van der Waals surface area (Å²) in [5.41, 5.74) is 2.93. The molecule has 0 aliphatic carbocycles. The molecule has 1 aromatic carbocycles. The largest absolute Gasteiger partial charge is 0.376 e. The van der Waals surface area contributed by atoms with Crippen molar-refractivity contribution in [3.8, 4) is 0 Å². The molecule has 0 bridgehead atoms. The molecule has 1 amide bonds. The maximum atomic E-state index is 12.1. The molecule has 2 saturated heterocycles. The number of para-hydroxylation sites is 1. The van der Waals surface area contributed by atoms with Crippen molar-refractivity contribution in [2.75, 3.05) is 50.8 Å². The van der Waals surface area contributed by atoms with E-state index >= 15 is 0 Å². The summed E-state index contributed by atoms with van der Waals surface area (Å²) < 4.78 is 5.56. The Labute approximate surface area is 156 Å². The maximum absolute atomic E-state index is 12.1. The van der Waals surface area contributed by atoms with Crippen LogP contribution in [-0.2, 0) is 16.0 Å². The first-order valence-corrected chi connectivity index (χ1v) is 10.2. The lowest BCUT2D eigenvalue weighted by Gasteiger charge is -2.34. The van der Waals surface area contributed by atoms with Crippen LogP contribution in [0.3, 0.4) is 0 Å². The maximum Gasteiger partial charge on any atom is 0.234 e. The molecular formula is C21H31N3O2. The third kappa shape index (κ3) is 4.38. The zero-order chi connectivity index (χ0) is 17.8. The fourth-order valence-electron chi connectivity index (χ4n) is 4.53. The van der Waals surface area contributed by atoms with Crippen LogP contribution in [0.5, 0.6) is 0 Å². The summed E-state index contributed by atoms with van der Waals surface area (Å²) >= 11 is 0. The number of carbonyl (C=O) groups is 1. The van der Waals surface area contributed by atoms with Crippen LogP contribution in [0.1, 0.15) is 31.2 Å². The first kappa shape index (κ1) is 17.8. The Morgan fingerprint density at radius 1 is 1.15 bits per heavy atom. The Morgan fingerprint density at radius 2 is 2.00 bits per heavy atom. The third-order valence-electron chi connectivity index (χ3n) is 6.09. The summed E-state index contributed by atoms with van der Waals surface area (Å²) in [6.45, 7) is 6.44. The van der Waals surface area contributed by atoms with Crippen molar-refractivity contribution in [2.45, 2.75) is 38.2 Å². The highest BCUT2D eigenvalue weighted by Crippen LogP contribution is 2.30. The number of piperidine rings is 1. The van der Waals surface area contributed by atoms with Crippen LogP contribution in [0.2, 0.25) is 0 Å². The molecule has 3 heterocycles. The second kappa shape index (κ2) is 8.40. The van der Waals surface area contributed by atoms with Gasteiger partial charge in [0.15, 0.2) is 0 Å². The number of fused-ring (bicyclic) bond motifs is 1. The number of nitrogens with zero attached hydrogens (tertiary/aromatic N) is 2. The Balaban J connectivity index is 1.17. The van der Waals surface area contributed by atoms with Gasteiger partial charge in [0.25, 0.3) is 0 Å². The van der Waals surface area contributed by atoms with E-state index in [4.69, 9.17) is 4.74 Å².